The van der Waals surface area contributed by atoms with Gasteiger partial charge in [-0.3, -0.25) is 14.3 Å². The number of halogens is 2. The van der Waals surface area contributed by atoms with Crippen molar-refractivity contribution >= 4 is 34.5 Å². The maximum Gasteiger partial charge on any atom is 0.380 e. The summed E-state index contributed by atoms with van der Waals surface area (Å²) in [5, 5.41) is 13.4. The number of aliphatic hydroxyl groups excluding tert-OH is 1. The highest BCUT2D eigenvalue weighted by Gasteiger charge is 2.48. The first kappa shape index (κ1) is 28.8. The number of carbonyl (C=O) groups is 1. The minimum Gasteiger partial charge on any atom is -0.356 e. The summed E-state index contributed by atoms with van der Waals surface area (Å²) in [5.74, 6) is -0.367. The van der Waals surface area contributed by atoms with Gasteiger partial charge in [-0.2, -0.15) is 0 Å². The number of nitrogens with one attached hydrogen (secondary N) is 1. The minimum absolute atomic E-state index is 0.148. The maximum atomic E-state index is 12.2. The first-order chi connectivity index (χ1) is 19.2. The predicted octanol–water partition coefficient (Wildman–Crippen LogP) is 5.22. The monoisotopic (exact) mass is 601 g/mol. The van der Waals surface area contributed by atoms with Crippen LogP contribution in [-0.4, -0.2) is 59.2 Å². The lowest BCUT2D eigenvalue weighted by Crippen LogP contribution is -2.64. The lowest BCUT2D eigenvalue weighted by Gasteiger charge is -2.52. The summed E-state index contributed by atoms with van der Waals surface area (Å²) in [6.07, 6.45) is -4.93. The molecular formula is C29H30Cl2N3O5P. The molecular weight excluding hydrogens is 572 g/mol. The zero-order chi connectivity index (χ0) is 28.3. The Balaban J connectivity index is 1.68. The van der Waals surface area contributed by atoms with Crippen LogP contribution in [0.25, 0.3) is 0 Å². The van der Waals surface area contributed by atoms with Crippen LogP contribution in [-0.2, 0) is 24.2 Å². The second kappa shape index (κ2) is 12.0. The van der Waals surface area contributed by atoms with Crippen molar-refractivity contribution in [2.75, 3.05) is 19.7 Å². The summed E-state index contributed by atoms with van der Waals surface area (Å²) in [7, 11) is 0. The van der Waals surface area contributed by atoms with Crippen molar-refractivity contribution in [1.82, 2.24) is 15.1 Å². The van der Waals surface area contributed by atoms with Crippen LogP contribution in [0, 0.1) is 0 Å². The van der Waals surface area contributed by atoms with Gasteiger partial charge in [0, 0.05) is 24.9 Å². The van der Waals surface area contributed by atoms with E-state index in [4.69, 9.17) is 31.7 Å². The highest BCUT2D eigenvalue weighted by atomic mass is 35.9. The molecule has 8 nitrogen and oxygen atoms in total. The molecule has 3 aromatic rings. The van der Waals surface area contributed by atoms with E-state index >= 15 is 0 Å². The number of nitrogens with zero attached hydrogens (tertiary/aromatic N) is 2. The summed E-state index contributed by atoms with van der Waals surface area (Å²) in [4.78, 5) is 16.0. The van der Waals surface area contributed by atoms with Crippen molar-refractivity contribution in [3.63, 3.8) is 0 Å². The number of aliphatic hydroxyl groups is 1. The van der Waals surface area contributed by atoms with Crippen molar-refractivity contribution in [3.05, 3.63) is 119 Å². The van der Waals surface area contributed by atoms with Gasteiger partial charge in [0.05, 0.1) is 18.2 Å². The summed E-state index contributed by atoms with van der Waals surface area (Å²) in [6.45, 7) is 2.19. The van der Waals surface area contributed by atoms with Gasteiger partial charge in [-0.25, -0.2) is 0 Å². The van der Waals surface area contributed by atoms with Gasteiger partial charge < -0.3 is 24.6 Å². The summed E-state index contributed by atoms with van der Waals surface area (Å²) in [5.41, 5.74) is 2.69. The van der Waals surface area contributed by atoms with Crippen LogP contribution in [0.1, 0.15) is 23.6 Å². The van der Waals surface area contributed by atoms with E-state index < -0.39 is 30.3 Å². The Hall–Kier alpha value is -2.68. The highest BCUT2D eigenvalue weighted by molar-refractivity contribution is 8.05. The molecule has 210 valence electrons. The Bertz CT molecular complexity index is 1290. The second-order valence-electron chi connectivity index (χ2n) is 9.74. The summed E-state index contributed by atoms with van der Waals surface area (Å²) >= 11 is 11.5. The zero-order valence-electron chi connectivity index (χ0n) is 21.8. The van der Waals surface area contributed by atoms with Crippen LogP contribution in [0.4, 0.5) is 0 Å². The molecule has 2 N–H and O–H groups in total. The molecule has 5 rings (SSSR count). The minimum atomic E-state index is -3.84. The van der Waals surface area contributed by atoms with Crippen LogP contribution in [0.5, 0.6) is 0 Å². The van der Waals surface area contributed by atoms with Gasteiger partial charge in [0.15, 0.2) is 0 Å². The van der Waals surface area contributed by atoms with Crippen molar-refractivity contribution in [2.24, 2.45) is 0 Å². The van der Waals surface area contributed by atoms with Gasteiger partial charge in [0.1, 0.15) is 6.23 Å². The van der Waals surface area contributed by atoms with Gasteiger partial charge in [-0.1, -0.05) is 91.0 Å². The third-order valence-electron chi connectivity index (χ3n) is 7.19. The van der Waals surface area contributed by atoms with Gasteiger partial charge >= 0.3 is 6.07 Å². The second-order valence-corrected chi connectivity index (χ2v) is 14.0. The summed E-state index contributed by atoms with van der Waals surface area (Å²) < 4.78 is 23.7. The fourth-order valence-electron chi connectivity index (χ4n) is 5.50. The molecule has 0 aliphatic carbocycles. The lowest BCUT2D eigenvalue weighted by molar-refractivity contribution is -0.197. The molecule has 0 saturated carbocycles. The largest absolute Gasteiger partial charge is 0.380 e. The molecule has 1 fully saturated rings. The summed E-state index contributed by atoms with van der Waals surface area (Å²) in [6, 6.07) is 30.4. The third kappa shape index (κ3) is 5.99. The number of hydrogen-bond acceptors (Lipinski definition) is 7. The lowest BCUT2D eigenvalue weighted by atomic mass is 9.75. The molecule has 0 spiro atoms. The molecule has 0 radical (unpaired) electrons. The molecule has 11 heteroatoms. The first-order valence-electron chi connectivity index (χ1n) is 12.8. The molecule has 1 saturated heterocycles. The fraction of sp³-hybridized carbons (Fsp3) is 0.276. The molecule has 3 unspecified atom stereocenters. The molecule has 40 heavy (non-hydrogen) atoms. The van der Waals surface area contributed by atoms with Crippen molar-refractivity contribution in [1.29, 1.82) is 0 Å². The van der Waals surface area contributed by atoms with Crippen LogP contribution in [0.3, 0.4) is 0 Å². The van der Waals surface area contributed by atoms with Gasteiger partial charge in [0.25, 0.3) is 5.91 Å². The molecule has 3 atom stereocenters. The Morgan fingerprint density at radius 3 is 1.93 bits per heavy atom. The Labute approximate surface area is 243 Å². The van der Waals surface area contributed by atoms with Crippen LogP contribution < -0.4 is 5.32 Å². The molecule has 2 heterocycles. The third-order valence-corrected chi connectivity index (χ3v) is 8.22. The van der Waals surface area contributed by atoms with Crippen LogP contribution >= 0.6 is 28.6 Å². The van der Waals surface area contributed by atoms with E-state index in [9.17, 15) is 14.5 Å². The van der Waals surface area contributed by atoms with Crippen molar-refractivity contribution in [2.45, 2.75) is 31.1 Å². The Morgan fingerprint density at radius 1 is 0.950 bits per heavy atom. The van der Waals surface area contributed by atoms with E-state index in [2.05, 4.69) is 46.6 Å². The maximum absolute atomic E-state index is 12.2. The van der Waals surface area contributed by atoms with Gasteiger partial charge in [-0.05, 0) is 46.1 Å². The molecule has 1 amide bonds. The number of carbonyl (C=O) groups excluding carboxylic acids is 1. The van der Waals surface area contributed by atoms with E-state index in [0.717, 1.165) is 16.7 Å². The average molecular weight is 602 g/mol. The topological polar surface area (TPSA) is 91.3 Å². The van der Waals surface area contributed by atoms with Gasteiger partial charge in [0.2, 0.25) is 6.35 Å². The van der Waals surface area contributed by atoms with Crippen LogP contribution in [0.2, 0.25) is 0 Å². The van der Waals surface area contributed by atoms with E-state index in [1.54, 1.807) is 18.0 Å². The molecule has 2 aliphatic heterocycles. The normalized spacial score (nSPS) is 22.5. The SMILES string of the molecule is CC1=CN(C2CN(C(c3ccccc3)(c3ccccc3)c3ccccc3)CC(COP(=O)(Cl)Cl)O2)C(O)NC1=O. The average Bonchev–Trinajstić information content (AvgIpc) is 2.96. The molecule has 2 aliphatic rings. The molecule has 3 aromatic carbocycles. The van der Waals surface area contributed by atoms with Crippen molar-refractivity contribution in [3.8, 4) is 0 Å². The smallest absolute Gasteiger partial charge is 0.356 e. The number of hydrogen-bond donors (Lipinski definition) is 2. The van der Waals surface area contributed by atoms with Gasteiger partial charge in [-0.15, -0.1) is 0 Å². The number of benzene rings is 3. The van der Waals surface area contributed by atoms with Crippen molar-refractivity contribution < 1.29 is 23.7 Å². The molecule has 0 bridgehead atoms. The van der Waals surface area contributed by atoms with Crippen LogP contribution in [0.15, 0.2) is 103 Å². The standard InChI is InChI=1S/C29H30Cl2N3O5P/c1-21-17-34(28(36)32-27(21)35)26-19-33(18-25(39-26)20-38-40(30,31)37)29(22-11-5-2-6-12-22,23-13-7-3-8-14-23)24-15-9-4-10-16-24/h2-17,25-26,28,36H,18-20H2,1H3,(H,32,35). The van der Waals surface area contributed by atoms with E-state index in [0.29, 0.717) is 18.7 Å². The number of ether oxygens (including phenoxy) is 1. The van der Waals surface area contributed by atoms with E-state index in [1.165, 1.54) is 0 Å². The quantitative estimate of drug-likeness (QED) is 0.270. The Morgan fingerprint density at radius 2 is 1.45 bits per heavy atom. The van der Waals surface area contributed by atoms with E-state index in [1.807, 2.05) is 54.6 Å². The number of amides is 1. The zero-order valence-corrected chi connectivity index (χ0v) is 24.2. The number of rotatable bonds is 8. The first-order valence-corrected chi connectivity index (χ1v) is 16.3. The predicted molar refractivity (Wildman–Crippen MR) is 154 cm³/mol. The highest BCUT2D eigenvalue weighted by Crippen LogP contribution is 2.57. The Kier molecular flexibility index (Phi) is 8.69. The molecule has 0 aromatic heterocycles. The van der Waals surface area contributed by atoms with E-state index in [-0.39, 0.29) is 12.5 Å². The fourth-order valence-corrected chi connectivity index (χ4v) is 6.18. The number of morpholine rings is 1.